The van der Waals surface area contributed by atoms with Crippen LogP contribution >= 0.6 is 35.6 Å². The van der Waals surface area contributed by atoms with E-state index in [1.165, 1.54) is 0 Å². The van der Waals surface area contributed by atoms with Gasteiger partial charge in [-0.05, 0) is 42.5 Å². The van der Waals surface area contributed by atoms with Gasteiger partial charge in [-0.15, -0.1) is 0 Å². The van der Waals surface area contributed by atoms with Crippen molar-refractivity contribution >= 4 is 46.4 Å². The molecule has 1 aromatic heterocycles. The number of nitrogens with zero attached hydrogens (tertiary/aromatic N) is 1. The van der Waals surface area contributed by atoms with Gasteiger partial charge in [-0.25, -0.2) is 4.98 Å². The van der Waals surface area contributed by atoms with Crippen molar-refractivity contribution in [3.8, 4) is 0 Å². The maximum absolute atomic E-state index is 12.5. The largest absolute Gasteiger partial charge is 0.417 e. The van der Waals surface area contributed by atoms with Gasteiger partial charge in [0.2, 0.25) is 0 Å². The van der Waals surface area contributed by atoms with Crippen LogP contribution in [0.15, 0.2) is 46.5 Å². The van der Waals surface area contributed by atoms with Gasteiger partial charge in [0, 0.05) is 16.8 Å². The van der Waals surface area contributed by atoms with Crippen molar-refractivity contribution in [1.82, 2.24) is 4.98 Å². The number of thiocarbonyl (C=S) groups is 1. The summed E-state index contributed by atoms with van der Waals surface area (Å²) in [6.07, 6.45) is -3.70. The summed E-state index contributed by atoms with van der Waals surface area (Å²) in [4.78, 5) is 4.53. The minimum atomic E-state index is -4.46. The first-order chi connectivity index (χ1) is 10.3. The molecule has 22 heavy (non-hydrogen) atoms. The van der Waals surface area contributed by atoms with Crippen molar-refractivity contribution in [2.45, 2.75) is 16.1 Å². The van der Waals surface area contributed by atoms with Gasteiger partial charge in [0.15, 0.2) is 5.11 Å². The number of halogens is 4. The molecule has 0 radical (unpaired) electrons. The average molecular weight is 364 g/mol. The smallest absolute Gasteiger partial charge is 0.376 e. The summed E-state index contributed by atoms with van der Waals surface area (Å²) in [5.74, 6) is 0. The molecule has 1 heterocycles. The van der Waals surface area contributed by atoms with Crippen LogP contribution in [0.5, 0.6) is 0 Å². The van der Waals surface area contributed by atoms with Gasteiger partial charge in [-0.3, -0.25) is 0 Å². The highest BCUT2D eigenvalue weighted by Crippen LogP contribution is 2.36. The van der Waals surface area contributed by atoms with Crippen molar-refractivity contribution in [2.75, 3.05) is 5.32 Å². The number of pyridine rings is 1. The van der Waals surface area contributed by atoms with E-state index in [0.717, 1.165) is 28.9 Å². The lowest BCUT2D eigenvalue weighted by Gasteiger charge is -2.09. The van der Waals surface area contributed by atoms with Gasteiger partial charge < -0.3 is 11.1 Å². The molecule has 2 aromatic rings. The first-order valence-electron chi connectivity index (χ1n) is 5.83. The second-order valence-corrected chi connectivity index (χ2v) is 6.03. The summed E-state index contributed by atoms with van der Waals surface area (Å²) >= 11 is 11.7. The molecule has 0 unspecified atom stereocenters. The minimum Gasteiger partial charge on any atom is -0.376 e. The zero-order chi connectivity index (χ0) is 16.3. The zero-order valence-electron chi connectivity index (χ0n) is 10.8. The van der Waals surface area contributed by atoms with Crippen molar-refractivity contribution < 1.29 is 13.2 Å². The number of hydrogen-bond donors (Lipinski definition) is 2. The fraction of sp³-hybridized carbons (Fsp3) is 0.0769. The van der Waals surface area contributed by atoms with Gasteiger partial charge in [0.1, 0.15) is 5.03 Å². The van der Waals surface area contributed by atoms with Gasteiger partial charge in [0.25, 0.3) is 0 Å². The van der Waals surface area contributed by atoms with E-state index in [4.69, 9.17) is 29.6 Å². The molecule has 0 aliphatic rings. The number of alkyl halides is 3. The molecule has 1 aromatic carbocycles. The summed E-state index contributed by atoms with van der Waals surface area (Å²) in [6.45, 7) is 0. The first-order valence-corrected chi connectivity index (χ1v) is 7.43. The standard InChI is InChI=1S/C13H9ClF3N3S2/c14-10-5-7(13(15,16)17)6-19-11(10)22-9-3-1-8(2-4-9)20-12(18)21/h1-6H,(H3,18,20,21). The number of aromatic nitrogens is 1. The van der Waals surface area contributed by atoms with Crippen LogP contribution in [0.3, 0.4) is 0 Å². The molecular formula is C13H9ClF3N3S2. The second kappa shape index (κ2) is 6.72. The van der Waals surface area contributed by atoms with Crippen molar-refractivity contribution in [2.24, 2.45) is 5.73 Å². The van der Waals surface area contributed by atoms with Gasteiger partial charge in [-0.1, -0.05) is 23.4 Å². The fourth-order valence-corrected chi connectivity index (χ4v) is 2.67. The van der Waals surface area contributed by atoms with E-state index in [0.29, 0.717) is 10.7 Å². The van der Waals surface area contributed by atoms with E-state index in [9.17, 15) is 13.2 Å². The van der Waals surface area contributed by atoms with Crippen LogP contribution in [-0.4, -0.2) is 10.1 Å². The summed E-state index contributed by atoms with van der Waals surface area (Å²) in [5, 5.41) is 3.16. The maximum Gasteiger partial charge on any atom is 0.417 e. The van der Waals surface area contributed by atoms with Crippen LogP contribution in [0.1, 0.15) is 5.56 Å². The quantitative estimate of drug-likeness (QED) is 0.783. The normalized spacial score (nSPS) is 11.3. The molecule has 0 fully saturated rings. The van der Waals surface area contributed by atoms with Crippen LogP contribution in [0, 0.1) is 0 Å². The van der Waals surface area contributed by atoms with Crippen LogP contribution in [0.2, 0.25) is 5.02 Å². The molecule has 0 aliphatic carbocycles. The lowest BCUT2D eigenvalue weighted by molar-refractivity contribution is -0.137. The highest BCUT2D eigenvalue weighted by Gasteiger charge is 2.31. The SMILES string of the molecule is NC(=S)Nc1ccc(Sc2ncc(C(F)(F)F)cc2Cl)cc1. The Morgan fingerprint density at radius 2 is 1.91 bits per heavy atom. The molecule has 116 valence electrons. The highest BCUT2D eigenvalue weighted by molar-refractivity contribution is 7.99. The van der Waals surface area contributed by atoms with Crippen molar-refractivity contribution in [3.05, 3.63) is 47.1 Å². The molecule has 0 spiro atoms. The average Bonchev–Trinajstić information content (AvgIpc) is 2.41. The molecule has 3 N–H and O–H groups in total. The number of rotatable bonds is 3. The Balaban J connectivity index is 2.15. The third kappa shape index (κ3) is 4.49. The third-order valence-electron chi connectivity index (χ3n) is 2.47. The predicted octanol–water partition coefficient (Wildman–Crippen LogP) is 4.56. The fourth-order valence-electron chi connectivity index (χ4n) is 1.52. The Hall–Kier alpha value is -1.51. The number of nitrogens with two attached hydrogens (primary N) is 1. The monoisotopic (exact) mass is 363 g/mol. The molecule has 0 atom stereocenters. The van der Waals surface area contributed by atoms with E-state index in [-0.39, 0.29) is 10.1 Å². The number of hydrogen-bond acceptors (Lipinski definition) is 3. The Morgan fingerprint density at radius 3 is 2.41 bits per heavy atom. The van der Waals surface area contributed by atoms with E-state index in [1.54, 1.807) is 24.3 Å². The Labute approximate surface area is 139 Å². The van der Waals surface area contributed by atoms with Crippen molar-refractivity contribution in [1.29, 1.82) is 0 Å². The number of nitrogens with one attached hydrogen (secondary N) is 1. The molecule has 0 amide bonds. The molecule has 2 rings (SSSR count). The molecule has 0 saturated heterocycles. The van der Waals surface area contributed by atoms with Crippen LogP contribution < -0.4 is 11.1 Å². The van der Waals surface area contributed by atoms with Crippen LogP contribution in [-0.2, 0) is 6.18 Å². The van der Waals surface area contributed by atoms with Gasteiger partial charge in [0.05, 0.1) is 10.6 Å². The number of benzene rings is 1. The van der Waals surface area contributed by atoms with Crippen molar-refractivity contribution in [3.63, 3.8) is 0 Å². The molecule has 0 bridgehead atoms. The van der Waals surface area contributed by atoms with Gasteiger partial charge in [-0.2, -0.15) is 13.2 Å². The lowest BCUT2D eigenvalue weighted by Crippen LogP contribution is -2.18. The van der Waals surface area contributed by atoms with E-state index < -0.39 is 11.7 Å². The topological polar surface area (TPSA) is 50.9 Å². The van der Waals surface area contributed by atoms with E-state index in [1.807, 2.05) is 0 Å². The molecule has 3 nitrogen and oxygen atoms in total. The Bertz CT molecular complexity index is 690. The maximum atomic E-state index is 12.5. The summed E-state index contributed by atoms with van der Waals surface area (Å²) in [6, 6.07) is 7.83. The van der Waals surface area contributed by atoms with E-state index >= 15 is 0 Å². The third-order valence-corrected chi connectivity index (χ3v) is 4.00. The summed E-state index contributed by atoms with van der Waals surface area (Å²) in [7, 11) is 0. The molecular weight excluding hydrogens is 355 g/mol. The van der Waals surface area contributed by atoms with Gasteiger partial charge >= 0.3 is 6.18 Å². The molecule has 0 aliphatic heterocycles. The minimum absolute atomic E-state index is 0.0508. The lowest BCUT2D eigenvalue weighted by atomic mass is 10.3. The van der Waals surface area contributed by atoms with E-state index in [2.05, 4.69) is 10.3 Å². The molecule has 9 heteroatoms. The Kier molecular flexibility index (Phi) is 5.15. The summed E-state index contributed by atoms with van der Waals surface area (Å²) in [5.41, 5.74) is 5.19. The number of anilines is 1. The van der Waals surface area contributed by atoms with Crippen LogP contribution in [0.4, 0.5) is 18.9 Å². The second-order valence-electron chi connectivity index (χ2n) is 4.12. The first kappa shape index (κ1) is 16.9. The zero-order valence-corrected chi connectivity index (χ0v) is 13.2. The van der Waals surface area contributed by atoms with Crippen LogP contribution in [0.25, 0.3) is 0 Å². The predicted molar refractivity (Wildman–Crippen MR) is 85.2 cm³/mol. The highest BCUT2D eigenvalue weighted by atomic mass is 35.5. The molecule has 0 saturated carbocycles. The Morgan fingerprint density at radius 1 is 1.27 bits per heavy atom. The summed E-state index contributed by atoms with van der Waals surface area (Å²) < 4.78 is 37.6.